The van der Waals surface area contributed by atoms with E-state index in [0.29, 0.717) is 18.2 Å². The lowest BCUT2D eigenvalue weighted by molar-refractivity contribution is -0.115. The fourth-order valence-electron chi connectivity index (χ4n) is 3.48. The number of aromatic amines is 1. The zero-order valence-electron chi connectivity index (χ0n) is 17.5. The SMILES string of the molecule is CCCCCOc1ccc(-c2ccc(CC(=O)Nc3cc(C4CC4)[nH]n3)cc2)cc1. The van der Waals surface area contributed by atoms with Gasteiger partial charge in [0.2, 0.25) is 5.91 Å². The fourth-order valence-corrected chi connectivity index (χ4v) is 3.48. The lowest BCUT2D eigenvalue weighted by Gasteiger charge is -2.08. The summed E-state index contributed by atoms with van der Waals surface area (Å²) in [5, 5.41) is 10.1. The summed E-state index contributed by atoms with van der Waals surface area (Å²) in [6, 6.07) is 18.2. The molecule has 2 N–H and O–H groups in total. The van der Waals surface area contributed by atoms with Crippen LogP contribution < -0.4 is 10.1 Å². The van der Waals surface area contributed by atoms with Crippen LogP contribution in [0.3, 0.4) is 0 Å². The van der Waals surface area contributed by atoms with Crippen LogP contribution in [0.2, 0.25) is 0 Å². The first-order valence-corrected chi connectivity index (χ1v) is 10.9. The van der Waals surface area contributed by atoms with Crippen LogP contribution in [0.15, 0.2) is 54.6 Å². The van der Waals surface area contributed by atoms with Crippen LogP contribution in [-0.4, -0.2) is 22.7 Å². The molecule has 4 rings (SSSR count). The largest absolute Gasteiger partial charge is 0.494 e. The van der Waals surface area contributed by atoms with E-state index in [1.165, 1.54) is 25.7 Å². The minimum Gasteiger partial charge on any atom is -0.494 e. The van der Waals surface area contributed by atoms with E-state index in [2.05, 4.69) is 46.7 Å². The van der Waals surface area contributed by atoms with Crippen LogP contribution in [0.4, 0.5) is 5.82 Å². The van der Waals surface area contributed by atoms with Gasteiger partial charge >= 0.3 is 0 Å². The Bertz CT molecular complexity index is 957. The van der Waals surface area contributed by atoms with Crippen molar-refractivity contribution in [1.82, 2.24) is 10.2 Å². The molecule has 0 atom stereocenters. The monoisotopic (exact) mass is 403 g/mol. The highest BCUT2D eigenvalue weighted by Crippen LogP contribution is 2.39. The number of unbranched alkanes of at least 4 members (excludes halogenated alkanes) is 2. The molecule has 30 heavy (non-hydrogen) atoms. The van der Waals surface area contributed by atoms with Gasteiger partial charge in [0.1, 0.15) is 5.75 Å². The highest BCUT2D eigenvalue weighted by Gasteiger charge is 2.25. The molecular formula is C25H29N3O2. The van der Waals surface area contributed by atoms with E-state index < -0.39 is 0 Å². The topological polar surface area (TPSA) is 67.0 Å². The van der Waals surface area contributed by atoms with Crippen molar-refractivity contribution in [1.29, 1.82) is 0 Å². The minimum atomic E-state index is -0.0545. The quantitative estimate of drug-likeness (QED) is 0.426. The number of benzene rings is 2. The highest BCUT2D eigenvalue weighted by atomic mass is 16.5. The maximum atomic E-state index is 12.3. The molecule has 0 saturated heterocycles. The molecule has 3 aromatic rings. The molecule has 1 saturated carbocycles. The van der Waals surface area contributed by atoms with Crippen molar-refractivity contribution >= 4 is 11.7 Å². The van der Waals surface area contributed by atoms with Crippen molar-refractivity contribution in [3.8, 4) is 16.9 Å². The van der Waals surface area contributed by atoms with E-state index in [4.69, 9.17) is 4.74 Å². The lowest BCUT2D eigenvalue weighted by Crippen LogP contribution is -2.14. The van der Waals surface area contributed by atoms with Crippen molar-refractivity contribution in [3.05, 3.63) is 65.9 Å². The second kappa shape index (κ2) is 9.61. The Kier molecular flexibility index (Phi) is 6.47. The number of aromatic nitrogens is 2. The number of anilines is 1. The van der Waals surface area contributed by atoms with E-state index in [0.717, 1.165) is 41.2 Å². The number of nitrogens with zero attached hydrogens (tertiary/aromatic N) is 1. The van der Waals surface area contributed by atoms with Crippen molar-refractivity contribution in [3.63, 3.8) is 0 Å². The van der Waals surface area contributed by atoms with Gasteiger partial charge in [-0.1, -0.05) is 56.2 Å². The molecule has 1 amide bonds. The van der Waals surface area contributed by atoms with Gasteiger partial charge < -0.3 is 10.1 Å². The van der Waals surface area contributed by atoms with Gasteiger partial charge in [-0.3, -0.25) is 9.89 Å². The Hall–Kier alpha value is -3.08. The number of H-pyrrole nitrogens is 1. The normalized spacial score (nSPS) is 13.2. The Morgan fingerprint density at radius 2 is 1.77 bits per heavy atom. The summed E-state index contributed by atoms with van der Waals surface area (Å²) in [5.74, 6) is 2.06. The maximum Gasteiger partial charge on any atom is 0.229 e. The molecule has 1 fully saturated rings. The van der Waals surface area contributed by atoms with Crippen LogP contribution >= 0.6 is 0 Å². The molecule has 156 valence electrons. The molecule has 0 unspecified atom stereocenters. The molecule has 5 nitrogen and oxygen atoms in total. The predicted octanol–water partition coefficient (Wildman–Crippen LogP) is 5.70. The molecule has 1 heterocycles. The average Bonchev–Trinajstić information content (AvgIpc) is 3.51. The zero-order valence-corrected chi connectivity index (χ0v) is 17.5. The summed E-state index contributed by atoms with van der Waals surface area (Å²) >= 11 is 0. The Balaban J connectivity index is 1.29. The second-order valence-corrected chi connectivity index (χ2v) is 7.98. The van der Waals surface area contributed by atoms with Gasteiger partial charge in [0.05, 0.1) is 13.0 Å². The maximum absolute atomic E-state index is 12.3. The van der Waals surface area contributed by atoms with Crippen LogP contribution in [0, 0.1) is 0 Å². The zero-order chi connectivity index (χ0) is 20.8. The van der Waals surface area contributed by atoms with Crippen molar-refractivity contribution in [2.45, 2.75) is 51.4 Å². The van der Waals surface area contributed by atoms with Gasteiger partial charge in [0, 0.05) is 17.7 Å². The first kappa shape index (κ1) is 20.2. The van der Waals surface area contributed by atoms with E-state index in [1.54, 1.807) is 0 Å². The van der Waals surface area contributed by atoms with Gasteiger partial charge in [-0.15, -0.1) is 0 Å². The number of nitrogens with one attached hydrogen (secondary N) is 2. The Morgan fingerprint density at radius 3 is 2.43 bits per heavy atom. The number of hydrogen-bond acceptors (Lipinski definition) is 3. The minimum absolute atomic E-state index is 0.0545. The van der Waals surface area contributed by atoms with E-state index >= 15 is 0 Å². The molecular weight excluding hydrogens is 374 g/mol. The number of ether oxygens (including phenoxy) is 1. The van der Waals surface area contributed by atoms with Crippen molar-refractivity contribution in [2.24, 2.45) is 0 Å². The number of rotatable bonds is 10. The van der Waals surface area contributed by atoms with E-state index in [1.807, 2.05) is 30.3 Å². The van der Waals surface area contributed by atoms with Crippen LogP contribution in [0.1, 0.15) is 56.2 Å². The van der Waals surface area contributed by atoms with Gasteiger partial charge in [0.25, 0.3) is 0 Å². The first-order chi connectivity index (χ1) is 14.7. The van der Waals surface area contributed by atoms with Crippen LogP contribution in [0.5, 0.6) is 5.75 Å². The summed E-state index contributed by atoms with van der Waals surface area (Å²) in [5.41, 5.74) is 4.35. The fraction of sp³-hybridized carbons (Fsp3) is 0.360. The molecule has 0 bridgehead atoms. The molecule has 1 aliphatic rings. The summed E-state index contributed by atoms with van der Waals surface area (Å²) in [6.07, 6.45) is 6.23. The third-order valence-electron chi connectivity index (χ3n) is 5.41. The first-order valence-electron chi connectivity index (χ1n) is 10.9. The van der Waals surface area contributed by atoms with E-state index in [9.17, 15) is 4.79 Å². The third-order valence-corrected chi connectivity index (χ3v) is 5.41. The third kappa shape index (κ3) is 5.50. The van der Waals surface area contributed by atoms with Crippen LogP contribution in [-0.2, 0) is 11.2 Å². The van der Waals surface area contributed by atoms with Crippen LogP contribution in [0.25, 0.3) is 11.1 Å². The number of amides is 1. The molecule has 0 spiro atoms. The number of hydrogen-bond donors (Lipinski definition) is 2. The Morgan fingerprint density at radius 1 is 1.07 bits per heavy atom. The lowest BCUT2D eigenvalue weighted by atomic mass is 10.0. The molecule has 1 aromatic heterocycles. The molecule has 5 heteroatoms. The number of carbonyl (C=O) groups is 1. The summed E-state index contributed by atoms with van der Waals surface area (Å²) in [6.45, 7) is 2.96. The molecule has 0 radical (unpaired) electrons. The molecule has 0 aliphatic heterocycles. The van der Waals surface area contributed by atoms with Gasteiger partial charge in [-0.2, -0.15) is 5.10 Å². The smallest absolute Gasteiger partial charge is 0.229 e. The average molecular weight is 404 g/mol. The van der Waals surface area contributed by atoms with Gasteiger partial charge in [-0.05, 0) is 48.1 Å². The summed E-state index contributed by atoms with van der Waals surface area (Å²) in [7, 11) is 0. The molecule has 2 aromatic carbocycles. The highest BCUT2D eigenvalue weighted by molar-refractivity contribution is 5.91. The summed E-state index contributed by atoms with van der Waals surface area (Å²) in [4.78, 5) is 12.3. The van der Waals surface area contributed by atoms with Crippen molar-refractivity contribution < 1.29 is 9.53 Å². The van der Waals surface area contributed by atoms with Gasteiger partial charge in [-0.25, -0.2) is 0 Å². The number of carbonyl (C=O) groups excluding carboxylic acids is 1. The Labute approximate surface area is 177 Å². The predicted molar refractivity (Wildman–Crippen MR) is 120 cm³/mol. The second-order valence-electron chi connectivity index (χ2n) is 7.98. The van der Waals surface area contributed by atoms with Gasteiger partial charge in [0.15, 0.2) is 5.82 Å². The molecule has 1 aliphatic carbocycles. The van der Waals surface area contributed by atoms with Crippen molar-refractivity contribution in [2.75, 3.05) is 11.9 Å². The summed E-state index contributed by atoms with van der Waals surface area (Å²) < 4.78 is 5.78. The standard InChI is InChI=1S/C25H29N3O2/c1-2-3-4-15-30-22-13-11-20(12-14-22)19-7-5-18(6-8-19)16-25(29)26-24-17-23(27-28-24)21-9-10-21/h5-8,11-14,17,21H,2-4,9-10,15-16H2,1H3,(H2,26,27,28,29). The van der Waals surface area contributed by atoms with E-state index in [-0.39, 0.29) is 5.91 Å².